The zero-order valence-corrected chi connectivity index (χ0v) is 17.5. The summed E-state index contributed by atoms with van der Waals surface area (Å²) in [6, 6.07) is 0.958. The molecule has 0 bridgehead atoms. The van der Waals surface area contributed by atoms with E-state index < -0.39 is 0 Å². The third-order valence-corrected chi connectivity index (χ3v) is 7.13. The Morgan fingerprint density at radius 1 is 1.04 bits per heavy atom. The minimum atomic E-state index is -0.0992. The van der Waals surface area contributed by atoms with Crippen LogP contribution in [0.25, 0.3) is 0 Å². The fourth-order valence-corrected chi connectivity index (χ4v) is 5.02. The number of amides is 2. The molecule has 4 aliphatic rings. The van der Waals surface area contributed by atoms with E-state index in [1.807, 2.05) is 9.80 Å². The quantitative estimate of drug-likeness (QED) is 0.776. The standard InChI is InChI=1S/C21H35N3O2.ClH/c1-15-2-6-19(7-3-15)24-14-17(12-20(24)25)21(26)23-10-8-18(9-11-23)22-13-16-4-5-16;/h15-19,22H,2-14H2,1H3;1H. The predicted octanol–water partition coefficient (Wildman–Crippen LogP) is 2.83. The Labute approximate surface area is 170 Å². The molecule has 2 aliphatic heterocycles. The Morgan fingerprint density at radius 2 is 1.70 bits per heavy atom. The largest absolute Gasteiger partial charge is 0.342 e. The van der Waals surface area contributed by atoms with E-state index in [1.54, 1.807) is 0 Å². The molecule has 1 N–H and O–H groups in total. The van der Waals surface area contributed by atoms with Crippen molar-refractivity contribution in [3.05, 3.63) is 0 Å². The van der Waals surface area contributed by atoms with Gasteiger partial charge in [-0.15, -0.1) is 12.4 Å². The van der Waals surface area contributed by atoms with Crippen LogP contribution in [-0.2, 0) is 9.59 Å². The molecule has 1 atom stereocenters. The highest BCUT2D eigenvalue weighted by Gasteiger charge is 2.40. The van der Waals surface area contributed by atoms with Gasteiger partial charge in [-0.1, -0.05) is 6.92 Å². The van der Waals surface area contributed by atoms with Crippen molar-refractivity contribution in [3.63, 3.8) is 0 Å². The Hall–Kier alpha value is -0.810. The monoisotopic (exact) mass is 397 g/mol. The van der Waals surface area contributed by atoms with Crippen LogP contribution in [0, 0.1) is 17.8 Å². The first-order valence-corrected chi connectivity index (χ1v) is 10.9. The molecule has 0 aromatic carbocycles. The van der Waals surface area contributed by atoms with Crippen LogP contribution in [0.4, 0.5) is 0 Å². The molecule has 2 saturated heterocycles. The predicted molar refractivity (Wildman–Crippen MR) is 109 cm³/mol. The maximum Gasteiger partial charge on any atom is 0.227 e. The highest BCUT2D eigenvalue weighted by atomic mass is 35.5. The summed E-state index contributed by atoms with van der Waals surface area (Å²) in [4.78, 5) is 29.5. The van der Waals surface area contributed by atoms with Gasteiger partial charge in [-0.3, -0.25) is 9.59 Å². The number of carbonyl (C=O) groups excluding carboxylic acids is 2. The minimum absolute atomic E-state index is 0. The van der Waals surface area contributed by atoms with Crippen LogP contribution in [0.5, 0.6) is 0 Å². The van der Waals surface area contributed by atoms with Crippen molar-refractivity contribution in [1.29, 1.82) is 0 Å². The molecule has 0 aromatic heterocycles. The van der Waals surface area contributed by atoms with Crippen molar-refractivity contribution in [3.8, 4) is 0 Å². The summed E-state index contributed by atoms with van der Waals surface area (Å²) in [5.74, 6) is 2.04. The molecule has 5 nitrogen and oxygen atoms in total. The molecular formula is C21H36ClN3O2. The zero-order valence-electron chi connectivity index (χ0n) is 16.7. The van der Waals surface area contributed by atoms with Crippen LogP contribution in [-0.4, -0.2) is 59.9 Å². The molecule has 6 heteroatoms. The van der Waals surface area contributed by atoms with E-state index in [4.69, 9.17) is 0 Å². The maximum absolute atomic E-state index is 12.9. The summed E-state index contributed by atoms with van der Waals surface area (Å²) in [6.45, 7) is 5.83. The summed E-state index contributed by atoms with van der Waals surface area (Å²) >= 11 is 0. The average molecular weight is 398 g/mol. The minimum Gasteiger partial charge on any atom is -0.342 e. The van der Waals surface area contributed by atoms with Gasteiger partial charge in [-0.25, -0.2) is 0 Å². The molecule has 2 heterocycles. The normalized spacial score (nSPS) is 32.5. The van der Waals surface area contributed by atoms with Crippen LogP contribution in [0.2, 0.25) is 0 Å². The number of rotatable bonds is 5. The van der Waals surface area contributed by atoms with Crippen LogP contribution >= 0.6 is 12.4 Å². The lowest BCUT2D eigenvalue weighted by molar-refractivity contribution is -0.137. The van der Waals surface area contributed by atoms with Gasteiger partial charge in [0, 0.05) is 38.1 Å². The van der Waals surface area contributed by atoms with Crippen LogP contribution < -0.4 is 5.32 Å². The van der Waals surface area contributed by atoms with Gasteiger partial charge in [0.15, 0.2) is 0 Å². The van der Waals surface area contributed by atoms with Crippen molar-refractivity contribution in [2.24, 2.45) is 17.8 Å². The lowest BCUT2D eigenvalue weighted by atomic mass is 9.86. The maximum atomic E-state index is 12.9. The third-order valence-electron chi connectivity index (χ3n) is 7.13. The second-order valence-corrected chi connectivity index (χ2v) is 9.31. The lowest BCUT2D eigenvalue weighted by Gasteiger charge is -2.35. The van der Waals surface area contributed by atoms with Crippen LogP contribution in [0.1, 0.15) is 64.7 Å². The van der Waals surface area contributed by atoms with Crippen molar-refractivity contribution < 1.29 is 9.59 Å². The highest BCUT2D eigenvalue weighted by molar-refractivity contribution is 5.89. The van der Waals surface area contributed by atoms with E-state index >= 15 is 0 Å². The number of nitrogens with zero attached hydrogens (tertiary/aromatic N) is 2. The number of hydrogen-bond donors (Lipinski definition) is 1. The number of piperidine rings is 1. The number of halogens is 1. The van der Waals surface area contributed by atoms with Gasteiger partial charge < -0.3 is 15.1 Å². The molecule has 4 fully saturated rings. The molecule has 0 radical (unpaired) electrons. The van der Waals surface area contributed by atoms with E-state index in [1.165, 1.54) is 25.7 Å². The lowest BCUT2D eigenvalue weighted by Crippen LogP contribution is -2.47. The molecule has 2 aliphatic carbocycles. The SMILES string of the molecule is CC1CCC(N2CC(C(=O)N3CCC(NCC4CC4)CC3)CC2=O)CC1.Cl. The van der Waals surface area contributed by atoms with Crippen molar-refractivity contribution in [2.75, 3.05) is 26.2 Å². The first-order chi connectivity index (χ1) is 12.6. The molecular weight excluding hydrogens is 362 g/mol. The Balaban J connectivity index is 0.00000210. The number of carbonyl (C=O) groups is 2. The van der Waals surface area contributed by atoms with Crippen molar-refractivity contribution in [1.82, 2.24) is 15.1 Å². The third kappa shape index (κ3) is 5.17. The van der Waals surface area contributed by atoms with Crippen LogP contribution in [0.3, 0.4) is 0 Å². The zero-order chi connectivity index (χ0) is 18.1. The van der Waals surface area contributed by atoms with Gasteiger partial charge in [0.2, 0.25) is 11.8 Å². The van der Waals surface area contributed by atoms with E-state index in [0.717, 1.165) is 57.2 Å². The Bertz CT molecular complexity index is 524. The highest BCUT2D eigenvalue weighted by Crippen LogP contribution is 2.32. The van der Waals surface area contributed by atoms with Crippen LogP contribution in [0.15, 0.2) is 0 Å². The van der Waals surface area contributed by atoms with E-state index in [2.05, 4.69) is 12.2 Å². The van der Waals surface area contributed by atoms with Gasteiger partial charge in [-0.2, -0.15) is 0 Å². The molecule has 27 heavy (non-hydrogen) atoms. The molecule has 154 valence electrons. The molecule has 2 amide bonds. The second-order valence-electron chi connectivity index (χ2n) is 9.31. The van der Waals surface area contributed by atoms with Gasteiger partial charge in [0.1, 0.15) is 0 Å². The van der Waals surface area contributed by atoms with E-state index in [-0.39, 0.29) is 30.1 Å². The number of hydrogen-bond acceptors (Lipinski definition) is 3. The summed E-state index contributed by atoms with van der Waals surface area (Å²) in [5, 5.41) is 3.67. The van der Waals surface area contributed by atoms with Gasteiger partial charge in [0.25, 0.3) is 0 Å². The van der Waals surface area contributed by atoms with Gasteiger partial charge >= 0.3 is 0 Å². The Kier molecular flexibility index (Phi) is 7.07. The van der Waals surface area contributed by atoms with E-state index in [9.17, 15) is 9.59 Å². The number of likely N-dealkylation sites (tertiary alicyclic amines) is 2. The first kappa shape index (κ1) is 20.9. The fraction of sp³-hybridized carbons (Fsp3) is 0.905. The molecule has 0 spiro atoms. The summed E-state index contributed by atoms with van der Waals surface area (Å²) in [7, 11) is 0. The fourth-order valence-electron chi connectivity index (χ4n) is 5.02. The summed E-state index contributed by atoms with van der Waals surface area (Å²) < 4.78 is 0. The molecule has 4 rings (SSSR count). The van der Waals surface area contributed by atoms with Gasteiger partial charge in [0.05, 0.1) is 5.92 Å². The van der Waals surface area contributed by atoms with Gasteiger partial charge in [-0.05, 0) is 69.7 Å². The first-order valence-electron chi connectivity index (χ1n) is 10.9. The average Bonchev–Trinajstić information content (AvgIpc) is 3.41. The topological polar surface area (TPSA) is 52.7 Å². The van der Waals surface area contributed by atoms with Crippen molar-refractivity contribution >= 4 is 24.2 Å². The summed E-state index contributed by atoms with van der Waals surface area (Å²) in [5.41, 5.74) is 0. The molecule has 2 saturated carbocycles. The molecule has 0 aromatic rings. The Morgan fingerprint density at radius 3 is 2.33 bits per heavy atom. The van der Waals surface area contributed by atoms with E-state index in [0.29, 0.717) is 25.0 Å². The van der Waals surface area contributed by atoms with Crippen molar-refractivity contribution in [2.45, 2.75) is 76.8 Å². The molecule has 1 unspecified atom stereocenters. The smallest absolute Gasteiger partial charge is 0.227 e. The second kappa shape index (κ2) is 9.13. The summed E-state index contributed by atoms with van der Waals surface area (Å²) in [6.07, 6.45) is 9.99. The number of nitrogens with one attached hydrogen (secondary N) is 1.